The number of hydrogen-bond donors (Lipinski definition) is 2. The molecular formula is C12H15FN2O. The molecule has 0 aromatic heterocycles. The summed E-state index contributed by atoms with van der Waals surface area (Å²) >= 11 is 0. The molecule has 0 amide bonds. The second kappa shape index (κ2) is 3.43. The van der Waals surface area contributed by atoms with Crippen molar-refractivity contribution in [2.24, 2.45) is 5.73 Å². The van der Waals surface area contributed by atoms with E-state index in [-0.39, 0.29) is 17.5 Å². The molecule has 2 aliphatic heterocycles. The van der Waals surface area contributed by atoms with Gasteiger partial charge in [-0.25, -0.2) is 4.39 Å². The van der Waals surface area contributed by atoms with Gasteiger partial charge < -0.3 is 15.8 Å². The van der Waals surface area contributed by atoms with E-state index in [0.717, 1.165) is 31.5 Å². The molecule has 1 aromatic rings. The molecule has 1 fully saturated rings. The molecule has 3 rings (SSSR count). The monoisotopic (exact) mass is 222 g/mol. The van der Waals surface area contributed by atoms with Gasteiger partial charge in [-0.2, -0.15) is 0 Å². The van der Waals surface area contributed by atoms with E-state index < -0.39 is 0 Å². The molecule has 1 unspecified atom stereocenters. The first kappa shape index (κ1) is 10.1. The van der Waals surface area contributed by atoms with Crippen LogP contribution in [0.5, 0.6) is 5.75 Å². The van der Waals surface area contributed by atoms with Gasteiger partial charge >= 0.3 is 0 Å². The summed E-state index contributed by atoms with van der Waals surface area (Å²) in [5.74, 6) is 0.353. The highest BCUT2D eigenvalue weighted by Crippen LogP contribution is 2.46. The van der Waals surface area contributed by atoms with Gasteiger partial charge in [-0.05, 0) is 19.2 Å². The van der Waals surface area contributed by atoms with Crippen LogP contribution < -0.4 is 15.8 Å². The quantitative estimate of drug-likeness (QED) is 0.696. The molecule has 0 aliphatic carbocycles. The van der Waals surface area contributed by atoms with Crippen molar-refractivity contribution < 1.29 is 9.13 Å². The molecule has 1 spiro atoms. The fraction of sp³-hybridized carbons (Fsp3) is 0.500. The summed E-state index contributed by atoms with van der Waals surface area (Å²) in [7, 11) is 0. The number of nitrogens with one attached hydrogen (secondary N) is 1. The summed E-state index contributed by atoms with van der Waals surface area (Å²) < 4.78 is 19.0. The maximum absolute atomic E-state index is 13.1. The largest absolute Gasteiger partial charge is 0.485 e. The zero-order valence-electron chi connectivity index (χ0n) is 9.00. The van der Waals surface area contributed by atoms with Crippen LogP contribution in [0.25, 0.3) is 0 Å². The van der Waals surface area contributed by atoms with Gasteiger partial charge in [0.2, 0.25) is 0 Å². The Morgan fingerprint density at radius 1 is 1.38 bits per heavy atom. The third kappa shape index (κ3) is 1.33. The highest BCUT2D eigenvalue weighted by molar-refractivity contribution is 5.43. The maximum Gasteiger partial charge on any atom is 0.131 e. The minimum absolute atomic E-state index is 0.134. The minimum atomic E-state index is -0.318. The van der Waals surface area contributed by atoms with E-state index >= 15 is 0 Å². The van der Waals surface area contributed by atoms with Crippen LogP contribution in [0.3, 0.4) is 0 Å². The third-order valence-electron chi connectivity index (χ3n) is 3.64. The van der Waals surface area contributed by atoms with E-state index in [1.165, 1.54) is 12.1 Å². The zero-order chi connectivity index (χ0) is 11.2. The Morgan fingerprint density at radius 2 is 2.12 bits per heavy atom. The Kier molecular flexibility index (Phi) is 2.16. The van der Waals surface area contributed by atoms with Gasteiger partial charge in [-0.15, -0.1) is 0 Å². The molecule has 0 bridgehead atoms. The Labute approximate surface area is 93.8 Å². The second-order valence-electron chi connectivity index (χ2n) is 4.58. The highest BCUT2D eigenvalue weighted by Gasteiger charge is 2.47. The molecule has 1 saturated heterocycles. The second-order valence-corrected chi connectivity index (χ2v) is 4.58. The van der Waals surface area contributed by atoms with Crippen LogP contribution in [0.4, 0.5) is 4.39 Å². The first-order valence-electron chi connectivity index (χ1n) is 5.66. The fourth-order valence-corrected chi connectivity index (χ4v) is 2.68. The predicted octanol–water partition coefficient (Wildman–Crippen LogP) is 1.34. The Hall–Kier alpha value is -1.13. The number of rotatable bonds is 0. The van der Waals surface area contributed by atoms with Crippen molar-refractivity contribution in [2.75, 3.05) is 13.1 Å². The molecule has 2 aliphatic rings. The summed E-state index contributed by atoms with van der Waals surface area (Å²) in [6, 6.07) is 4.49. The lowest BCUT2D eigenvalue weighted by Gasteiger charge is -2.36. The first-order chi connectivity index (χ1) is 7.71. The number of fused-ring (bicyclic) bond motifs is 1. The van der Waals surface area contributed by atoms with E-state index in [0.29, 0.717) is 5.75 Å². The van der Waals surface area contributed by atoms with Gasteiger partial charge in [-0.3, -0.25) is 0 Å². The number of benzene rings is 1. The number of nitrogens with two attached hydrogens (primary N) is 1. The Bertz CT molecular complexity index is 415. The number of hydrogen-bond acceptors (Lipinski definition) is 3. The van der Waals surface area contributed by atoms with Gasteiger partial charge in [0.05, 0.1) is 6.04 Å². The molecule has 16 heavy (non-hydrogen) atoms. The summed E-state index contributed by atoms with van der Waals surface area (Å²) in [6.07, 6.45) is 1.76. The van der Waals surface area contributed by atoms with E-state index in [9.17, 15) is 4.39 Å². The van der Waals surface area contributed by atoms with Crippen molar-refractivity contribution >= 4 is 0 Å². The van der Waals surface area contributed by atoms with Crippen LogP contribution in [0.1, 0.15) is 24.4 Å². The molecule has 3 N–H and O–H groups in total. The molecule has 1 atom stereocenters. The molecule has 1 aromatic carbocycles. The lowest BCUT2D eigenvalue weighted by atomic mass is 9.84. The summed E-state index contributed by atoms with van der Waals surface area (Å²) in [5.41, 5.74) is 6.85. The summed E-state index contributed by atoms with van der Waals surface area (Å²) in [6.45, 7) is 1.81. The normalized spacial score (nSPS) is 26.5. The number of halogens is 1. The lowest BCUT2D eigenvalue weighted by molar-refractivity contribution is 0.0368. The maximum atomic E-state index is 13.1. The molecule has 2 heterocycles. The molecule has 3 nitrogen and oxygen atoms in total. The molecular weight excluding hydrogens is 207 g/mol. The van der Waals surface area contributed by atoms with Crippen molar-refractivity contribution in [3.8, 4) is 5.75 Å². The topological polar surface area (TPSA) is 47.3 Å². The average Bonchev–Trinajstić information content (AvgIpc) is 2.53. The van der Waals surface area contributed by atoms with E-state index in [4.69, 9.17) is 10.5 Å². The van der Waals surface area contributed by atoms with Crippen molar-refractivity contribution in [3.05, 3.63) is 29.6 Å². The Morgan fingerprint density at radius 3 is 2.88 bits per heavy atom. The standard InChI is InChI=1S/C12H15FN2O/c13-8-1-2-9-10(7-8)16-12(11(9)14)3-5-15-6-4-12/h1-2,7,11,15H,3-6,14H2. The lowest BCUT2D eigenvalue weighted by Crippen LogP contribution is -2.50. The smallest absolute Gasteiger partial charge is 0.131 e. The van der Waals surface area contributed by atoms with E-state index in [1.54, 1.807) is 6.07 Å². The van der Waals surface area contributed by atoms with Crippen molar-refractivity contribution in [1.29, 1.82) is 0 Å². The van der Waals surface area contributed by atoms with Gasteiger partial charge in [0.25, 0.3) is 0 Å². The summed E-state index contributed by atoms with van der Waals surface area (Å²) in [4.78, 5) is 0. The fourth-order valence-electron chi connectivity index (χ4n) is 2.68. The average molecular weight is 222 g/mol. The van der Waals surface area contributed by atoms with Gasteiger partial charge in [0.15, 0.2) is 0 Å². The van der Waals surface area contributed by atoms with Crippen LogP contribution in [0.15, 0.2) is 18.2 Å². The highest BCUT2D eigenvalue weighted by atomic mass is 19.1. The molecule has 0 radical (unpaired) electrons. The number of ether oxygens (including phenoxy) is 1. The van der Waals surface area contributed by atoms with Gasteiger partial charge in [0.1, 0.15) is 17.2 Å². The van der Waals surface area contributed by atoms with Gasteiger partial charge in [0, 0.05) is 24.5 Å². The van der Waals surface area contributed by atoms with Crippen LogP contribution in [0, 0.1) is 5.82 Å². The van der Waals surface area contributed by atoms with Crippen molar-refractivity contribution in [1.82, 2.24) is 5.32 Å². The van der Waals surface area contributed by atoms with E-state index in [2.05, 4.69) is 5.32 Å². The van der Waals surface area contributed by atoms with Crippen LogP contribution >= 0.6 is 0 Å². The van der Waals surface area contributed by atoms with E-state index in [1.807, 2.05) is 0 Å². The molecule has 86 valence electrons. The van der Waals surface area contributed by atoms with Crippen LogP contribution in [0.2, 0.25) is 0 Å². The molecule has 4 heteroatoms. The first-order valence-corrected chi connectivity index (χ1v) is 5.66. The van der Waals surface area contributed by atoms with Crippen LogP contribution in [-0.4, -0.2) is 18.7 Å². The molecule has 0 saturated carbocycles. The SMILES string of the molecule is NC1c2ccc(F)cc2OC12CCNCC2. The van der Waals surface area contributed by atoms with Crippen LogP contribution in [-0.2, 0) is 0 Å². The summed E-state index contributed by atoms with van der Waals surface area (Å²) in [5, 5.41) is 3.28. The number of piperidine rings is 1. The van der Waals surface area contributed by atoms with Crippen molar-refractivity contribution in [3.63, 3.8) is 0 Å². The minimum Gasteiger partial charge on any atom is -0.485 e. The predicted molar refractivity (Wildman–Crippen MR) is 58.8 cm³/mol. The Balaban J connectivity index is 1.98. The third-order valence-corrected chi connectivity index (χ3v) is 3.64. The zero-order valence-corrected chi connectivity index (χ0v) is 9.00. The van der Waals surface area contributed by atoms with Crippen molar-refractivity contribution in [2.45, 2.75) is 24.5 Å². The van der Waals surface area contributed by atoms with Gasteiger partial charge in [-0.1, -0.05) is 6.07 Å².